The quantitative estimate of drug-likeness (QED) is 0.783. The van der Waals surface area contributed by atoms with Gasteiger partial charge in [0, 0.05) is 6.07 Å². The zero-order valence-electron chi connectivity index (χ0n) is 8.45. The van der Waals surface area contributed by atoms with E-state index < -0.39 is 0 Å². The fraction of sp³-hybridized carbons (Fsp3) is 0.700. The maximum absolute atomic E-state index is 6.26. The lowest BCUT2D eigenvalue weighted by molar-refractivity contribution is 0.224. The molecule has 2 rings (SSSR count). The van der Waals surface area contributed by atoms with E-state index in [9.17, 15) is 0 Å². The molecule has 1 aromatic rings. The Labute approximate surface area is 83.4 Å². The third kappa shape index (κ3) is 1.62. The minimum absolute atomic E-state index is 0.317. The summed E-state index contributed by atoms with van der Waals surface area (Å²) in [5, 5.41) is 3.78. The molecule has 4 nitrogen and oxygen atoms in total. The molecular weight excluding hydrogens is 180 g/mol. The van der Waals surface area contributed by atoms with Crippen LogP contribution in [0.2, 0.25) is 0 Å². The SMILES string of the molecule is COc1cc(C2(N)CCCCC2)on1. The minimum atomic E-state index is -0.317. The van der Waals surface area contributed by atoms with E-state index in [2.05, 4.69) is 5.16 Å². The summed E-state index contributed by atoms with van der Waals surface area (Å²) in [7, 11) is 1.58. The summed E-state index contributed by atoms with van der Waals surface area (Å²) >= 11 is 0. The summed E-state index contributed by atoms with van der Waals surface area (Å²) in [5.74, 6) is 1.27. The molecule has 0 aliphatic heterocycles. The van der Waals surface area contributed by atoms with Crippen molar-refractivity contribution >= 4 is 0 Å². The maximum Gasteiger partial charge on any atom is 0.254 e. The van der Waals surface area contributed by atoms with Crippen LogP contribution < -0.4 is 10.5 Å². The fourth-order valence-electron chi connectivity index (χ4n) is 2.02. The second kappa shape index (κ2) is 3.61. The van der Waals surface area contributed by atoms with E-state index in [1.165, 1.54) is 19.3 Å². The molecule has 0 atom stereocenters. The van der Waals surface area contributed by atoms with E-state index in [1.54, 1.807) is 13.2 Å². The number of hydrogen-bond donors (Lipinski definition) is 1. The van der Waals surface area contributed by atoms with Crippen LogP contribution in [-0.4, -0.2) is 12.3 Å². The van der Waals surface area contributed by atoms with Crippen molar-refractivity contribution in [3.8, 4) is 5.88 Å². The summed E-state index contributed by atoms with van der Waals surface area (Å²) in [5.41, 5.74) is 5.94. The smallest absolute Gasteiger partial charge is 0.254 e. The first-order valence-electron chi connectivity index (χ1n) is 5.05. The molecular formula is C10H16N2O2. The first kappa shape index (κ1) is 9.52. The highest BCUT2D eigenvalue weighted by molar-refractivity contribution is 5.18. The van der Waals surface area contributed by atoms with Crippen molar-refractivity contribution in [2.24, 2.45) is 5.73 Å². The molecule has 1 fully saturated rings. The highest BCUT2D eigenvalue weighted by atomic mass is 16.5. The van der Waals surface area contributed by atoms with Gasteiger partial charge in [-0.05, 0) is 18.0 Å². The number of nitrogens with zero attached hydrogens (tertiary/aromatic N) is 1. The maximum atomic E-state index is 6.26. The third-order valence-electron chi connectivity index (χ3n) is 2.93. The van der Waals surface area contributed by atoms with Crippen molar-refractivity contribution in [1.82, 2.24) is 5.16 Å². The average Bonchev–Trinajstić information content (AvgIpc) is 2.67. The Hall–Kier alpha value is -1.03. The van der Waals surface area contributed by atoms with Gasteiger partial charge in [0.15, 0.2) is 5.76 Å². The van der Waals surface area contributed by atoms with Crippen molar-refractivity contribution in [2.75, 3.05) is 7.11 Å². The average molecular weight is 196 g/mol. The molecule has 1 aliphatic rings. The molecule has 1 heterocycles. The second-order valence-electron chi connectivity index (χ2n) is 3.95. The van der Waals surface area contributed by atoms with Crippen molar-refractivity contribution in [2.45, 2.75) is 37.6 Å². The lowest BCUT2D eigenvalue weighted by Gasteiger charge is -2.30. The Morgan fingerprint density at radius 1 is 1.43 bits per heavy atom. The number of nitrogens with two attached hydrogens (primary N) is 1. The normalized spacial score (nSPS) is 20.7. The molecule has 0 saturated heterocycles. The Morgan fingerprint density at radius 3 is 2.71 bits per heavy atom. The van der Waals surface area contributed by atoms with Gasteiger partial charge in [-0.3, -0.25) is 0 Å². The molecule has 14 heavy (non-hydrogen) atoms. The monoisotopic (exact) mass is 196 g/mol. The van der Waals surface area contributed by atoms with Crippen molar-refractivity contribution in [3.63, 3.8) is 0 Å². The van der Waals surface area contributed by atoms with Gasteiger partial charge < -0.3 is 15.0 Å². The molecule has 0 unspecified atom stereocenters. The van der Waals surface area contributed by atoms with Gasteiger partial charge in [-0.2, -0.15) is 0 Å². The largest absolute Gasteiger partial charge is 0.479 e. The van der Waals surface area contributed by atoms with Crippen LogP contribution in [0.5, 0.6) is 5.88 Å². The highest BCUT2D eigenvalue weighted by Gasteiger charge is 2.33. The van der Waals surface area contributed by atoms with E-state index in [1.807, 2.05) is 0 Å². The molecule has 2 N–H and O–H groups in total. The number of aromatic nitrogens is 1. The molecule has 0 radical (unpaired) electrons. The lowest BCUT2D eigenvalue weighted by atomic mass is 9.81. The predicted octanol–water partition coefficient (Wildman–Crippen LogP) is 1.80. The summed E-state index contributed by atoms with van der Waals surface area (Å²) < 4.78 is 10.2. The lowest BCUT2D eigenvalue weighted by Crippen LogP contribution is -2.38. The topological polar surface area (TPSA) is 61.3 Å². The van der Waals surface area contributed by atoms with E-state index >= 15 is 0 Å². The Kier molecular flexibility index (Phi) is 2.46. The van der Waals surface area contributed by atoms with Gasteiger partial charge in [0.1, 0.15) is 0 Å². The minimum Gasteiger partial charge on any atom is -0.479 e. The van der Waals surface area contributed by atoms with Crippen LogP contribution in [0.4, 0.5) is 0 Å². The van der Waals surface area contributed by atoms with Crippen LogP contribution in [-0.2, 0) is 5.54 Å². The Morgan fingerprint density at radius 2 is 2.14 bits per heavy atom. The first-order chi connectivity index (χ1) is 6.74. The zero-order chi connectivity index (χ0) is 10.0. The van der Waals surface area contributed by atoms with Crippen molar-refractivity contribution in [3.05, 3.63) is 11.8 Å². The van der Waals surface area contributed by atoms with Gasteiger partial charge >= 0.3 is 0 Å². The van der Waals surface area contributed by atoms with Crippen LogP contribution >= 0.6 is 0 Å². The summed E-state index contributed by atoms with van der Waals surface area (Å²) in [6.07, 6.45) is 5.56. The molecule has 4 heteroatoms. The standard InChI is InChI=1S/C10H16N2O2/c1-13-9-7-8(14-12-9)10(11)5-3-2-4-6-10/h7H,2-6,11H2,1H3. The third-order valence-corrected chi connectivity index (χ3v) is 2.93. The van der Waals surface area contributed by atoms with Crippen molar-refractivity contribution < 1.29 is 9.26 Å². The second-order valence-corrected chi connectivity index (χ2v) is 3.95. The van der Waals surface area contributed by atoms with Gasteiger partial charge in [-0.25, -0.2) is 0 Å². The Bertz CT molecular complexity index is 303. The molecule has 0 amide bonds. The Balaban J connectivity index is 2.19. The highest BCUT2D eigenvalue weighted by Crippen LogP contribution is 2.35. The zero-order valence-corrected chi connectivity index (χ0v) is 8.45. The number of ether oxygens (including phenoxy) is 1. The first-order valence-corrected chi connectivity index (χ1v) is 5.05. The van der Waals surface area contributed by atoms with Gasteiger partial charge in [0.05, 0.1) is 12.6 Å². The van der Waals surface area contributed by atoms with Crippen LogP contribution in [0, 0.1) is 0 Å². The molecule has 0 spiro atoms. The molecule has 0 aromatic carbocycles. The molecule has 0 bridgehead atoms. The fourth-order valence-corrected chi connectivity index (χ4v) is 2.02. The summed E-state index contributed by atoms with van der Waals surface area (Å²) in [4.78, 5) is 0. The summed E-state index contributed by atoms with van der Waals surface area (Å²) in [6.45, 7) is 0. The molecule has 1 aliphatic carbocycles. The summed E-state index contributed by atoms with van der Waals surface area (Å²) in [6, 6.07) is 1.80. The number of methoxy groups -OCH3 is 1. The van der Waals surface area contributed by atoms with Crippen molar-refractivity contribution in [1.29, 1.82) is 0 Å². The van der Waals surface area contributed by atoms with E-state index in [4.69, 9.17) is 15.0 Å². The number of hydrogen-bond acceptors (Lipinski definition) is 4. The molecule has 1 saturated carbocycles. The van der Waals surface area contributed by atoms with Crippen LogP contribution in [0.3, 0.4) is 0 Å². The van der Waals surface area contributed by atoms with Crippen LogP contribution in [0.25, 0.3) is 0 Å². The van der Waals surface area contributed by atoms with E-state index in [0.717, 1.165) is 18.6 Å². The molecule has 1 aromatic heterocycles. The van der Waals surface area contributed by atoms with E-state index in [0.29, 0.717) is 5.88 Å². The van der Waals surface area contributed by atoms with Gasteiger partial charge in [-0.1, -0.05) is 19.3 Å². The van der Waals surface area contributed by atoms with Crippen LogP contribution in [0.15, 0.2) is 10.6 Å². The molecule has 78 valence electrons. The van der Waals surface area contributed by atoms with Gasteiger partial charge in [0.2, 0.25) is 0 Å². The van der Waals surface area contributed by atoms with Gasteiger partial charge in [-0.15, -0.1) is 0 Å². The number of rotatable bonds is 2. The van der Waals surface area contributed by atoms with E-state index in [-0.39, 0.29) is 5.54 Å². The predicted molar refractivity (Wildman–Crippen MR) is 52.0 cm³/mol. The van der Waals surface area contributed by atoms with Crippen LogP contribution in [0.1, 0.15) is 37.9 Å². The van der Waals surface area contributed by atoms with Gasteiger partial charge in [0.25, 0.3) is 5.88 Å².